The van der Waals surface area contributed by atoms with Crippen LogP contribution in [0.3, 0.4) is 0 Å². The number of ketones is 1. The van der Waals surface area contributed by atoms with E-state index in [9.17, 15) is 9.59 Å². The van der Waals surface area contributed by atoms with Crippen LogP contribution in [0.1, 0.15) is 15.9 Å². The topological polar surface area (TPSA) is 46.6 Å². The van der Waals surface area contributed by atoms with Crippen LogP contribution in [0.5, 0.6) is 5.75 Å². The summed E-state index contributed by atoms with van der Waals surface area (Å²) in [5.41, 5.74) is 3.90. The van der Waals surface area contributed by atoms with Gasteiger partial charge in [-0.05, 0) is 47.0 Å². The lowest BCUT2D eigenvalue weighted by Crippen LogP contribution is -2.29. The van der Waals surface area contributed by atoms with Crippen LogP contribution >= 0.6 is 15.9 Å². The van der Waals surface area contributed by atoms with Gasteiger partial charge in [-0.25, -0.2) is 0 Å². The molecule has 0 radical (unpaired) electrons. The molecule has 3 aromatic rings. The number of hydrogen-bond acceptors (Lipinski definition) is 3. The molecule has 27 heavy (non-hydrogen) atoms. The number of carbonyl (C=O) groups is 2. The number of fused-ring (bicyclic) bond motifs is 1. The van der Waals surface area contributed by atoms with Gasteiger partial charge in [-0.2, -0.15) is 0 Å². The Kier molecular flexibility index (Phi) is 4.54. The summed E-state index contributed by atoms with van der Waals surface area (Å²) >= 11 is 3.50. The molecule has 0 spiro atoms. The summed E-state index contributed by atoms with van der Waals surface area (Å²) in [6.45, 7) is 0.348. The Morgan fingerprint density at radius 2 is 1.63 bits per heavy atom. The Morgan fingerprint density at radius 1 is 0.926 bits per heavy atom. The van der Waals surface area contributed by atoms with Gasteiger partial charge in [-0.1, -0.05) is 52.3 Å². The lowest BCUT2D eigenvalue weighted by atomic mass is 10.0. The first-order chi connectivity index (χ1) is 13.1. The summed E-state index contributed by atoms with van der Waals surface area (Å²) in [5, 5.41) is 0. The number of benzene rings is 3. The van der Waals surface area contributed by atoms with Crippen molar-refractivity contribution in [2.24, 2.45) is 0 Å². The van der Waals surface area contributed by atoms with Gasteiger partial charge in [0.15, 0.2) is 0 Å². The van der Waals surface area contributed by atoms with Crippen LogP contribution in [0, 0.1) is 0 Å². The highest BCUT2D eigenvalue weighted by Gasteiger charge is 2.36. The van der Waals surface area contributed by atoms with E-state index in [-0.39, 0.29) is 0 Å². The summed E-state index contributed by atoms with van der Waals surface area (Å²) in [6.07, 6.45) is 0. The van der Waals surface area contributed by atoms with Gasteiger partial charge in [-0.3, -0.25) is 9.59 Å². The van der Waals surface area contributed by atoms with Gasteiger partial charge < -0.3 is 9.64 Å². The molecule has 4 nitrogen and oxygen atoms in total. The molecule has 1 aliphatic heterocycles. The van der Waals surface area contributed by atoms with Crippen molar-refractivity contribution in [3.8, 4) is 16.9 Å². The molecule has 0 fully saturated rings. The van der Waals surface area contributed by atoms with E-state index in [0.29, 0.717) is 17.8 Å². The third-order valence-electron chi connectivity index (χ3n) is 4.68. The summed E-state index contributed by atoms with van der Waals surface area (Å²) < 4.78 is 6.09. The molecule has 0 N–H and O–H groups in total. The normalized spacial score (nSPS) is 13.0. The summed E-state index contributed by atoms with van der Waals surface area (Å²) in [5.74, 6) is -0.189. The predicted molar refractivity (Wildman–Crippen MR) is 108 cm³/mol. The standard InChI is InChI=1S/C22H16BrNO3/c1-27-17-9-6-14(7-10-17)15-8-11-20-18(12-15)21(25)22(26)24(20)13-16-4-2-3-5-19(16)23/h2-12H,13H2,1H3. The number of ether oxygens (including phenoxy) is 1. The Bertz CT molecular complexity index is 1040. The largest absolute Gasteiger partial charge is 0.497 e. The van der Waals surface area contributed by atoms with Gasteiger partial charge in [0.05, 0.1) is 24.9 Å². The van der Waals surface area contributed by atoms with Crippen LogP contribution in [0.15, 0.2) is 71.2 Å². The molecule has 0 atom stereocenters. The summed E-state index contributed by atoms with van der Waals surface area (Å²) in [6, 6.07) is 20.9. The van der Waals surface area contributed by atoms with E-state index in [1.54, 1.807) is 13.2 Å². The fourth-order valence-corrected chi connectivity index (χ4v) is 3.63. The molecule has 0 aliphatic carbocycles. The van der Waals surface area contributed by atoms with Gasteiger partial charge in [-0.15, -0.1) is 0 Å². The fourth-order valence-electron chi connectivity index (χ4n) is 3.22. The third kappa shape index (κ3) is 3.15. The third-order valence-corrected chi connectivity index (χ3v) is 5.45. The minimum Gasteiger partial charge on any atom is -0.497 e. The lowest BCUT2D eigenvalue weighted by Gasteiger charge is -2.17. The zero-order valence-corrected chi connectivity index (χ0v) is 16.2. The SMILES string of the molecule is COc1ccc(-c2ccc3c(c2)C(=O)C(=O)N3Cc2ccccc2Br)cc1. The predicted octanol–water partition coefficient (Wildman–Crippen LogP) is 4.85. The summed E-state index contributed by atoms with van der Waals surface area (Å²) in [4.78, 5) is 26.6. The van der Waals surface area contributed by atoms with Crippen LogP contribution in [0.25, 0.3) is 11.1 Å². The van der Waals surface area contributed by atoms with Crippen molar-refractivity contribution in [2.75, 3.05) is 12.0 Å². The van der Waals surface area contributed by atoms with E-state index in [0.717, 1.165) is 26.9 Å². The first-order valence-corrected chi connectivity index (χ1v) is 9.26. The number of halogens is 1. The van der Waals surface area contributed by atoms with E-state index < -0.39 is 11.7 Å². The number of methoxy groups -OCH3 is 1. The molecule has 1 heterocycles. The smallest absolute Gasteiger partial charge is 0.299 e. The van der Waals surface area contributed by atoms with Crippen molar-refractivity contribution in [1.29, 1.82) is 0 Å². The molecule has 0 unspecified atom stereocenters. The molecule has 1 amide bonds. The van der Waals surface area contributed by atoms with Crippen LogP contribution in [0.4, 0.5) is 5.69 Å². The van der Waals surface area contributed by atoms with Crippen LogP contribution in [-0.2, 0) is 11.3 Å². The highest BCUT2D eigenvalue weighted by molar-refractivity contribution is 9.10. The van der Waals surface area contributed by atoms with Gasteiger partial charge in [0.25, 0.3) is 11.7 Å². The van der Waals surface area contributed by atoms with Gasteiger partial charge in [0.2, 0.25) is 0 Å². The molecule has 0 saturated heterocycles. The van der Waals surface area contributed by atoms with Crippen molar-refractivity contribution < 1.29 is 14.3 Å². The highest BCUT2D eigenvalue weighted by Crippen LogP contribution is 2.35. The number of rotatable bonds is 4. The average molecular weight is 422 g/mol. The van der Waals surface area contributed by atoms with E-state index in [1.807, 2.05) is 60.7 Å². The number of anilines is 1. The number of carbonyl (C=O) groups excluding carboxylic acids is 2. The first-order valence-electron chi connectivity index (χ1n) is 8.46. The van der Waals surface area contributed by atoms with Crippen LogP contribution in [-0.4, -0.2) is 18.8 Å². The number of Topliss-reactive ketones (excluding diaryl/α,β-unsaturated/α-hetero) is 1. The van der Waals surface area contributed by atoms with E-state index in [1.165, 1.54) is 4.90 Å². The highest BCUT2D eigenvalue weighted by atomic mass is 79.9. The van der Waals surface area contributed by atoms with Gasteiger partial charge >= 0.3 is 0 Å². The van der Waals surface area contributed by atoms with Crippen molar-refractivity contribution in [3.63, 3.8) is 0 Å². The van der Waals surface area contributed by atoms with Crippen LogP contribution < -0.4 is 9.64 Å². The maximum Gasteiger partial charge on any atom is 0.299 e. The number of nitrogens with zero attached hydrogens (tertiary/aromatic N) is 1. The molecule has 0 bridgehead atoms. The Balaban J connectivity index is 1.70. The van der Waals surface area contributed by atoms with Crippen molar-refractivity contribution in [3.05, 3.63) is 82.3 Å². The van der Waals surface area contributed by atoms with Crippen molar-refractivity contribution in [1.82, 2.24) is 0 Å². The lowest BCUT2D eigenvalue weighted by molar-refractivity contribution is -0.114. The second kappa shape index (κ2) is 7.00. The second-order valence-corrected chi connectivity index (χ2v) is 7.13. The average Bonchev–Trinajstić information content (AvgIpc) is 2.94. The molecular formula is C22H16BrNO3. The minimum absolute atomic E-state index is 0.348. The quantitative estimate of drug-likeness (QED) is 0.565. The monoisotopic (exact) mass is 421 g/mol. The van der Waals surface area contributed by atoms with Gasteiger partial charge in [0, 0.05) is 4.47 Å². The summed E-state index contributed by atoms with van der Waals surface area (Å²) in [7, 11) is 1.62. The van der Waals surface area contributed by atoms with E-state index in [2.05, 4.69) is 15.9 Å². The van der Waals surface area contributed by atoms with E-state index in [4.69, 9.17) is 4.74 Å². The molecule has 1 aliphatic rings. The molecule has 0 saturated carbocycles. The molecule has 4 rings (SSSR count). The zero-order chi connectivity index (χ0) is 19.0. The van der Waals surface area contributed by atoms with Crippen molar-refractivity contribution >= 4 is 33.3 Å². The molecular weight excluding hydrogens is 406 g/mol. The maximum atomic E-state index is 12.6. The van der Waals surface area contributed by atoms with Gasteiger partial charge in [0.1, 0.15) is 5.75 Å². The van der Waals surface area contributed by atoms with E-state index >= 15 is 0 Å². The number of hydrogen-bond donors (Lipinski definition) is 0. The number of amides is 1. The zero-order valence-electron chi connectivity index (χ0n) is 14.6. The first kappa shape index (κ1) is 17.5. The Morgan fingerprint density at radius 3 is 2.33 bits per heavy atom. The minimum atomic E-state index is -0.493. The fraction of sp³-hybridized carbons (Fsp3) is 0.0909. The van der Waals surface area contributed by atoms with Crippen LogP contribution in [0.2, 0.25) is 0 Å². The Hall–Kier alpha value is -2.92. The maximum absolute atomic E-state index is 12.6. The Labute approximate surface area is 165 Å². The molecule has 134 valence electrons. The van der Waals surface area contributed by atoms with Crippen molar-refractivity contribution in [2.45, 2.75) is 6.54 Å². The molecule has 5 heteroatoms. The second-order valence-electron chi connectivity index (χ2n) is 6.27. The molecule has 3 aromatic carbocycles. The molecule has 0 aromatic heterocycles.